The van der Waals surface area contributed by atoms with Crippen LogP contribution in [0.3, 0.4) is 0 Å². The number of carbonyl (C=O) groups excluding carboxylic acids is 1. The van der Waals surface area contributed by atoms with Crippen LogP contribution in [0.4, 0.5) is 4.39 Å². The molecule has 0 saturated heterocycles. The lowest BCUT2D eigenvalue weighted by Crippen LogP contribution is -2.28. The summed E-state index contributed by atoms with van der Waals surface area (Å²) in [5, 5.41) is 7.29. The van der Waals surface area contributed by atoms with Gasteiger partial charge in [0.2, 0.25) is 5.91 Å². The highest BCUT2D eigenvalue weighted by atomic mass is 32.2. The maximum absolute atomic E-state index is 12.9. The predicted molar refractivity (Wildman–Crippen MR) is 149 cm³/mol. The van der Waals surface area contributed by atoms with Crippen molar-refractivity contribution in [2.24, 2.45) is 0 Å². The Labute approximate surface area is 229 Å². The van der Waals surface area contributed by atoms with Crippen molar-refractivity contribution in [3.63, 3.8) is 0 Å². The van der Waals surface area contributed by atoms with E-state index >= 15 is 0 Å². The van der Waals surface area contributed by atoms with E-state index in [9.17, 15) is 13.4 Å². The van der Waals surface area contributed by atoms with E-state index < -0.39 is 11.4 Å². The highest BCUT2D eigenvalue weighted by Crippen LogP contribution is 2.24. The maximum atomic E-state index is 12.9. The molecule has 10 heteroatoms. The average Bonchev–Trinajstić information content (AvgIpc) is 3.33. The smallest absolute Gasteiger partial charge is 0.357 e. The van der Waals surface area contributed by atoms with Crippen LogP contribution in [0.15, 0.2) is 72.9 Å². The van der Waals surface area contributed by atoms with Gasteiger partial charge < -0.3 is 24.5 Å². The summed E-state index contributed by atoms with van der Waals surface area (Å²) in [6, 6.07) is 19.7. The number of H-pyrrole nitrogens is 1. The van der Waals surface area contributed by atoms with Crippen molar-refractivity contribution in [3.8, 4) is 5.75 Å². The van der Waals surface area contributed by atoms with E-state index in [2.05, 4.69) is 39.9 Å². The van der Waals surface area contributed by atoms with Gasteiger partial charge in [0.15, 0.2) is 0 Å². The zero-order valence-electron chi connectivity index (χ0n) is 21.5. The predicted octanol–water partition coefficient (Wildman–Crippen LogP) is 4.42. The third kappa shape index (κ3) is 9.29. The largest absolute Gasteiger partial charge is 0.380 e. The molecule has 0 spiro atoms. The highest BCUT2D eigenvalue weighted by molar-refractivity contribution is 7.74. The second-order valence-corrected chi connectivity index (χ2v) is 9.74. The molecule has 0 aliphatic rings. The van der Waals surface area contributed by atoms with Crippen molar-refractivity contribution in [2.75, 3.05) is 19.7 Å². The Balaban J connectivity index is 1.10. The SMILES string of the molecule is O=C(COCc1ccc(F)cc1)NCCCc1ccc(CNCCc2c[nH]c3ccc(OS(=O)O)cc23)cc1. The maximum Gasteiger partial charge on any atom is 0.357 e. The topological polar surface area (TPSA) is 113 Å². The van der Waals surface area contributed by atoms with Gasteiger partial charge >= 0.3 is 11.4 Å². The van der Waals surface area contributed by atoms with E-state index in [0.717, 1.165) is 54.4 Å². The molecule has 0 aliphatic carbocycles. The summed E-state index contributed by atoms with van der Waals surface area (Å²) in [5.74, 6) is -0.109. The van der Waals surface area contributed by atoms with E-state index in [0.29, 0.717) is 12.3 Å². The van der Waals surface area contributed by atoms with Crippen LogP contribution < -0.4 is 14.8 Å². The van der Waals surface area contributed by atoms with Gasteiger partial charge in [-0.2, -0.15) is 4.21 Å². The quantitative estimate of drug-likeness (QED) is 0.128. The van der Waals surface area contributed by atoms with Crippen LogP contribution in [-0.4, -0.2) is 39.3 Å². The monoisotopic (exact) mass is 553 g/mol. The zero-order chi connectivity index (χ0) is 27.5. The Bertz CT molecular complexity index is 1380. The first kappa shape index (κ1) is 28.4. The molecule has 39 heavy (non-hydrogen) atoms. The summed E-state index contributed by atoms with van der Waals surface area (Å²) in [4.78, 5) is 15.1. The number of fused-ring (bicyclic) bond motifs is 1. The molecule has 0 fully saturated rings. The van der Waals surface area contributed by atoms with Crippen molar-refractivity contribution in [3.05, 3.63) is 101 Å². The van der Waals surface area contributed by atoms with Gasteiger partial charge in [-0.25, -0.2) is 4.39 Å². The number of benzene rings is 3. The van der Waals surface area contributed by atoms with Crippen LogP contribution in [0, 0.1) is 5.82 Å². The molecule has 4 aromatic rings. The molecule has 1 aromatic heterocycles. The number of hydrogen-bond donors (Lipinski definition) is 4. The summed E-state index contributed by atoms with van der Waals surface area (Å²) in [6.45, 7) is 2.33. The minimum absolute atomic E-state index is 0.0271. The molecule has 0 bridgehead atoms. The van der Waals surface area contributed by atoms with Gasteiger partial charge in [0.05, 0.1) is 6.61 Å². The number of rotatable bonds is 15. The van der Waals surface area contributed by atoms with Crippen molar-refractivity contribution in [1.82, 2.24) is 15.6 Å². The van der Waals surface area contributed by atoms with Crippen molar-refractivity contribution in [1.29, 1.82) is 0 Å². The molecule has 0 saturated carbocycles. The van der Waals surface area contributed by atoms with Gasteiger partial charge in [0.1, 0.15) is 18.2 Å². The number of aromatic nitrogens is 1. The molecule has 4 N–H and O–H groups in total. The number of nitrogens with one attached hydrogen (secondary N) is 3. The fourth-order valence-corrected chi connectivity index (χ4v) is 4.46. The van der Waals surface area contributed by atoms with Crippen LogP contribution in [0.25, 0.3) is 10.9 Å². The fourth-order valence-electron chi connectivity index (χ4n) is 4.19. The fraction of sp³-hybridized carbons (Fsp3) is 0.276. The normalized spacial score (nSPS) is 11.9. The lowest BCUT2D eigenvalue weighted by atomic mass is 10.1. The lowest BCUT2D eigenvalue weighted by molar-refractivity contribution is -0.126. The van der Waals surface area contributed by atoms with Gasteiger partial charge in [0.25, 0.3) is 0 Å². The lowest BCUT2D eigenvalue weighted by Gasteiger charge is -2.08. The Hall–Kier alpha value is -3.57. The summed E-state index contributed by atoms with van der Waals surface area (Å²) in [6.07, 6.45) is 4.43. The minimum Gasteiger partial charge on any atom is -0.380 e. The molecule has 8 nitrogen and oxygen atoms in total. The first-order valence-electron chi connectivity index (χ1n) is 12.7. The van der Waals surface area contributed by atoms with Gasteiger partial charge in [-0.15, -0.1) is 0 Å². The summed E-state index contributed by atoms with van der Waals surface area (Å²) < 4.78 is 43.0. The molecule has 0 radical (unpaired) electrons. The van der Waals surface area contributed by atoms with E-state index in [1.54, 1.807) is 24.3 Å². The average molecular weight is 554 g/mol. The molecular formula is C29H32FN3O5S. The van der Waals surface area contributed by atoms with Crippen molar-refractivity contribution < 1.29 is 26.9 Å². The third-order valence-corrected chi connectivity index (χ3v) is 6.54. The number of halogens is 1. The Morgan fingerprint density at radius 1 is 0.949 bits per heavy atom. The van der Waals surface area contributed by atoms with Gasteiger partial charge in [-0.05, 0) is 78.4 Å². The number of aryl methyl sites for hydroxylation is 1. The van der Waals surface area contributed by atoms with Crippen molar-refractivity contribution >= 4 is 28.2 Å². The Kier molecular flexibility index (Phi) is 10.6. The standard InChI is InChI=1S/C29H32FN3O5S/c30-25-9-7-23(8-10-25)19-37-20-29(34)32-14-1-2-21-3-5-22(6-4-21)17-31-15-13-24-18-33-28-12-11-26(16-27(24)28)38-39(35)36/h3-12,16,18,31,33H,1-2,13-15,17,19-20H2,(H,32,34)(H,35,36). The van der Waals surface area contributed by atoms with E-state index in [-0.39, 0.29) is 24.9 Å². The Morgan fingerprint density at radius 3 is 2.46 bits per heavy atom. The van der Waals surface area contributed by atoms with E-state index in [1.165, 1.54) is 23.3 Å². The zero-order valence-corrected chi connectivity index (χ0v) is 22.3. The second-order valence-electron chi connectivity index (χ2n) is 9.14. The molecule has 4 rings (SSSR count). The highest BCUT2D eigenvalue weighted by Gasteiger charge is 2.07. The van der Waals surface area contributed by atoms with Gasteiger partial charge in [-0.3, -0.25) is 9.35 Å². The molecule has 1 atom stereocenters. The first-order valence-corrected chi connectivity index (χ1v) is 13.8. The van der Waals surface area contributed by atoms with Crippen molar-refractivity contribution in [2.45, 2.75) is 32.4 Å². The number of hydrogen-bond acceptors (Lipinski definition) is 5. The molecule has 0 aliphatic heterocycles. The van der Waals surface area contributed by atoms with Gasteiger partial charge in [-0.1, -0.05) is 36.4 Å². The summed E-state index contributed by atoms with van der Waals surface area (Å²) in [7, 11) is 0. The minimum atomic E-state index is -2.35. The summed E-state index contributed by atoms with van der Waals surface area (Å²) in [5.41, 5.74) is 5.27. The van der Waals surface area contributed by atoms with Crippen LogP contribution in [0.5, 0.6) is 5.75 Å². The van der Waals surface area contributed by atoms with Gasteiger partial charge in [0, 0.05) is 30.2 Å². The van der Waals surface area contributed by atoms with Crippen LogP contribution in [-0.2, 0) is 46.9 Å². The number of amides is 1. The Morgan fingerprint density at radius 2 is 1.69 bits per heavy atom. The van der Waals surface area contributed by atoms with Crippen LogP contribution in [0.1, 0.15) is 28.7 Å². The van der Waals surface area contributed by atoms with Crippen LogP contribution in [0.2, 0.25) is 0 Å². The molecule has 3 aromatic carbocycles. The molecule has 206 valence electrons. The molecule has 1 amide bonds. The number of ether oxygens (including phenoxy) is 1. The molecule has 1 unspecified atom stereocenters. The molecule has 1 heterocycles. The summed E-state index contributed by atoms with van der Waals surface area (Å²) >= 11 is -2.35. The van der Waals surface area contributed by atoms with Crippen LogP contribution >= 0.6 is 0 Å². The third-order valence-electron chi connectivity index (χ3n) is 6.21. The number of carbonyl (C=O) groups is 1. The van der Waals surface area contributed by atoms with E-state index in [1.807, 2.05) is 12.3 Å². The second kappa shape index (κ2) is 14.5. The first-order chi connectivity index (χ1) is 19.0. The number of aromatic amines is 1. The van der Waals surface area contributed by atoms with E-state index in [4.69, 9.17) is 13.5 Å². The molecular weight excluding hydrogens is 521 g/mol.